The van der Waals surface area contributed by atoms with Crippen molar-refractivity contribution in [1.82, 2.24) is 0 Å². The van der Waals surface area contributed by atoms with Gasteiger partial charge in [-0.15, -0.1) is 0 Å². The van der Waals surface area contributed by atoms with Crippen LogP contribution in [-0.4, -0.2) is 13.7 Å². The van der Waals surface area contributed by atoms with Crippen molar-refractivity contribution in [1.29, 1.82) is 5.26 Å². The number of ether oxygens (including phenoxy) is 1. The number of methoxy groups -OCH3 is 1. The normalized spacial score (nSPS) is 20.7. The summed E-state index contributed by atoms with van der Waals surface area (Å²) in [6.07, 6.45) is 6.74. The van der Waals surface area contributed by atoms with Gasteiger partial charge in [-0.1, -0.05) is 12.8 Å². The second kappa shape index (κ2) is 4.47. The third-order valence-electron chi connectivity index (χ3n) is 2.80. The Morgan fingerprint density at radius 2 is 2.08 bits per heavy atom. The van der Waals surface area contributed by atoms with Crippen LogP contribution in [-0.2, 0) is 4.74 Å². The Morgan fingerprint density at radius 3 is 2.58 bits per heavy atom. The van der Waals surface area contributed by atoms with E-state index in [0.29, 0.717) is 0 Å². The van der Waals surface area contributed by atoms with Crippen LogP contribution >= 0.6 is 0 Å². The first kappa shape index (κ1) is 9.54. The molecule has 0 atom stereocenters. The fraction of sp³-hybridized carbons (Fsp3) is 0.900. The lowest BCUT2D eigenvalue weighted by molar-refractivity contribution is 0.179. The van der Waals surface area contributed by atoms with Gasteiger partial charge in [0, 0.05) is 13.7 Å². The van der Waals surface area contributed by atoms with Crippen LogP contribution in [0.2, 0.25) is 0 Å². The molecule has 1 rings (SSSR count). The Kier molecular flexibility index (Phi) is 3.55. The van der Waals surface area contributed by atoms with Crippen LogP contribution in [0.5, 0.6) is 0 Å². The largest absolute Gasteiger partial charge is 0.385 e. The van der Waals surface area contributed by atoms with Gasteiger partial charge in [-0.05, 0) is 25.7 Å². The molecule has 0 heterocycles. The van der Waals surface area contributed by atoms with Crippen LogP contribution in [0.4, 0.5) is 0 Å². The van der Waals surface area contributed by atoms with Crippen molar-refractivity contribution >= 4 is 0 Å². The standard InChI is InChI=1S/C10H17NO/c1-12-8-4-7-10(9-11)5-2-3-6-10/h2-8H2,1H3. The van der Waals surface area contributed by atoms with Crippen LogP contribution < -0.4 is 0 Å². The minimum atomic E-state index is 0.0124. The van der Waals surface area contributed by atoms with E-state index in [2.05, 4.69) is 6.07 Å². The average molecular weight is 167 g/mol. The van der Waals surface area contributed by atoms with Gasteiger partial charge in [-0.2, -0.15) is 5.26 Å². The zero-order chi connectivity index (χ0) is 8.86. The monoisotopic (exact) mass is 167 g/mol. The number of nitrogens with zero attached hydrogens (tertiary/aromatic N) is 1. The fourth-order valence-electron chi connectivity index (χ4n) is 2.02. The van der Waals surface area contributed by atoms with E-state index in [4.69, 9.17) is 10.00 Å². The molecule has 0 saturated heterocycles. The Balaban J connectivity index is 2.30. The molecule has 0 N–H and O–H groups in total. The molecule has 0 amide bonds. The van der Waals surface area contributed by atoms with Gasteiger partial charge in [0.15, 0.2) is 0 Å². The molecule has 1 aliphatic carbocycles. The first-order valence-corrected chi connectivity index (χ1v) is 4.73. The zero-order valence-electron chi connectivity index (χ0n) is 7.81. The third-order valence-corrected chi connectivity index (χ3v) is 2.80. The van der Waals surface area contributed by atoms with E-state index in [1.165, 1.54) is 12.8 Å². The van der Waals surface area contributed by atoms with Crippen LogP contribution in [0.1, 0.15) is 38.5 Å². The molecule has 0 aliphatic heterocycles. The molecule has 2 heteroatoms. The highest BCUT2D eigenvalue weighted by atomic mass is 16.5. The van der Waals surface area contributed by atoms with Gasteiger partial charge < -0.3 is 4.74 Å². The molecule has 0 spiro atoms. The van der Waals surface area contributed by atoms with E-state index < -0.39 is 0 Å². The Morgan fingerprint density at radius 1 is 1.42 bits per heavy atom. The summed E-state index contributed by atoms with van der Waals surface area (Å²) in [5.74, 6) is 0. The molecule has 2 nitrogen and oxygen atoms in total. The van der Waals surface area contributed by atoms with E-state index in [9.17, 15) is 0 Å². The number of hydrogen-bond acceptors (Lipinski definition) is 2. The van der Waals surface area contributed by atoms with Crippen LogP contribution in [0.15, 0.2) is 0 Å². The molecule has 68 valence electrons. The zero-order valence-corrected chi connectivity index (χ0v) is 7.81. The summed E-state index contributed by atoms with van der Waals surface area (Å²) >= 11 is 0. The lowest BCUT2D eigenvalue weighted by Gasteiger charge is -2.19. The Labute approximate surface area is 74.5 Å². The molecule has 0 aromatic heterocycles. The van der Waals surface area contributed by atoms with Crippen LogP contribution in [0.25, 0.3) is 0 Å². The molecule has 0 radical (unpaired) electrons. The van der Waals surface area contributed by atoms with Gasteiger partial charge in [0.2, 0.25) is 0 Å². The highest BCUT2D eigenvalue weighted by molar-refractivity contribution is 5.01. The smallest absolute Gasteiger partial charge is 0.0689 e. The second-order valence-electron chi connectivity index (χ2n) is 3.70. The van der Waals surface area contributed by atoms with Gasteiger partial charge in [0.05, 0.1) is 11.5 Å². The number of rotatable bonds is 4. The molecule has 1 saturated carbocycles. The minimum absolute atomic E-state index is 0.0124. The van der Waals surface area contributed by atoms with Crippen molar-refractivity contribution in [2.45, 2.75) is 38.5 Å². The number of nitriles is 1. The topological polar surface area (TPSA) is 33.0 Å². The van der Waals surface area contributed by atoms with E-state index in [0.717, 1.165) is 32.3 Å². The number of hydrogen-bond donors (Lipinski definition) is 0. The predicted molar refractivity (Wildman–Crippen MR) is 47.6 cm³/mol. The molecule has 0 aromatic rings. The quantitative estimate of drug-likeness (QED) is 0.603. The molecule has 1 aliphatic rings. The lowest BCUT2D eigenvalue weighted by Crippen LogP contribution is -2.13. The maximum atomic E-state index is 9.03. The Hall–Kier alpha value is -0.550. The Bertz CT molecular complexity index is 165. The molecule has 12 heavy (non-hydrogen) atoms. The van der Waals surface area contributed by atoms with Gasteiger partial charge in [0.25, 0.3) is 0 Å². The lowest BCUT2D eigenvalue weighted by atomic mass is 9.83. The first-order valence-electron chi connectivity index (χ1n) is 4.73. The van der Waals surface area contributed by atoms with Crippen molar-refractivity contribution in [3.05, 3.63) is 0 Å². The summed E-state index contributed by atoms with van der Waals surface area (Å²) in [7, 11) is 1.72. The average Bonchev–Trinajstić information content (AvgIpc) is 2.55. The van der Waals surface area contributed by atoms with E-state index in [-0.39, 0.29) is 5.41 Å². The molecule has 1 fully saturated rings. The van der Waals surface area contributed by atoms with Crippen molar-refractivity contribution < 1.29 is 4.74 Å². The van der Waals surface area contributed by atoms with Crippen molar-refractivity contribution in [2.24, 2.45) is 5.41 Å². The van der Waals surface area contributed by atoms with Crippen LogP contribution in [0, 0.1) is 16.7 Å². The molecular formula is C10H17NO. The van der Waals surface area contributed by atoms with E-state index in [1.54, 1.807) is 7.11 Å². The molecule has 0 unspecified atom stereocenters. The summed E-state index contributed by atoms with van der Waals surface area (Å²) in [5.41, 5.74) is 0.0124. The van der Waals surface area contributed by atoms with Crippen molar-refractivity contribution in [2.75, 3.05) is 13.7 Å². The second-order valence-corrected chi connectivity index (χ2v) is 3.70. The van der Waals surface area contributed by atoms with E-state index >= 15 is 0 Å². The molecule has 0 aromatic carbocycles. The summed E-state index contributed by atoms with van der Waals surface area (Å²) in [4.78, 5) is 0. The first-order chi connectivity index (χ1) is 5.83. The maximum Gasteiger partial charge on any atom is 0.0689 e. The summed E-state index contributed by atoms with van der Waals surface area (Å²) < 4.78 is 4.98. The van der Waals surface area contributed by atoms with Crippen molar-refractivity contribution in [3.63, 3.8) is 0 Å². The SMILES string of the molecule is COCCCC1(C#N)CCCC1. The summed E-state index contributed by atoms with van der Waals surface area (Å²) in [6.45, 7) is 0.795. The van der Waals surface area contributed by atoms with Crippen molar-refractivity contribution in [3.8, 4) is 6.07 Å². The molecule has 0 bridgehead atoms. The van der Waals surface area contributed by atoms with Crippen LogP contribution in [0.3, 0.4) is 0 Å². The van der Waals surface area contributed by atoms with Gasteiger partial charge in [0.1, 0.15) is 0 Å². The third kappa shape index (κ3) is 2.22. The highest BCUT2D eigenvalue weighted by Gasteiger charge is 2.32. The predicted octanol–water partition coefficient (Wildman–Crippen LogP) is 2.50. The van der Waals surface area contributed by atoms with Gasteiger partial charge >= 0.3 is 0 Å². The maximum absolute atomic E-state index is 9.03. The summed E-state index contributed by atoms with van der Waals surface area (Å²) in [5, 5.41) is 9.03. The highest BCUT2D eigenvalue weighted by Crippen LogP contribution is 2.41. The molecular weight excluding hydrogens is 150 g/mol. The minimum Gasteiger partial charge on any atom is -0.385 e. The van der Waals surface area contributed by atoms with Gasteiger partial charge in [-0.3, -0.25) is 0 Å². The summed E-state index contributed by atoms with van der Waals surface area (Å²) in [6, 6.07) is 2.48. The fourth-order valence-corrected chi connectivity index (χ4v) is 2.02. The van der Waals surface area contributed by atoms with E-state index in [1.807, 2.05) is 0 Å². The van der Waals surface area contributed by atoms with Gasteiger partial charge in [-0.25, -0.2) is 0 Å².